The number of hydrogen-bond acceptors (Lipinski definition) is 1. The van der Waals surface area contributed by atoms with Crippen molar-refractivity contribution < 1.29 is 4.79 Å². The van der Waals surface area contributed by atoms with Crippen molar-refractivity contribution in [2.24, 2.45) is 5.92 Å². The van der Waals surface area contributed by atoms with Crippen molar-refractivity contribution in [2.75, 3.05) is 0 Å². The lowest BCUT2D eigenvalue weighted by Crippen LogP contribution is -2.15. The van der Waals surface area contributed by atoms with Gasteiger partial charge in [0, 0.05) is 11.5 Å². The summed E-state index contributed by atoms with van der Waals surface area (Å²) in [6.45, 7) is 16.1. The van der Waals surface area contributed by atoms with Gasteiger partial charge in [-0.3, -0.25) is 4.79 Å². The maximum Gasteiger partial charge on any atom is 0.148 e. The number of aryl methyl sites for hydroxylation is 2. The molecule has 0 amide bonds. The van der Waals surface area contributed by atoms with Crippen LogP contribution in [-0.4, -0.2) is 5.78 Å². The molecular weight excluding hydrogens is 268 g/mol. The highest BCUT2D eigenvalue weighted by Crippen LogP contribution is 2.43. The molecule has 1 aromatic carbocycles. The van der Waals surface area contributed by atoms with Gasteiger partial charge in [-0.15, -0.1) is 12.5 Å². The standard InChI is InChI=1S/C21H24O/c1-7-8-17-10-14(4)19(15(5)11-17)20-16(6)12-18(21(20)22)9-13(2)3/h10-11,18,20H,2,6,9,12H2,1,3-5H3. The molecule has 0 saturated heterocycles. The first kappa shape index (κ1) is 16.3. The van der Waals surface area contributed by atoms with Crippen molar-refractivity contribution in [3.05, 3.63) is 58.7 Å². The Morgan fingerprint density at radius 3 is 2.41 bits per heavy atom. The summed E-state index contributed by atoms with van der Waals surface area (Å²) >= 11 is 0. The van der Waals surface area contributed by atoms with Crippen molar-refractivity contribution in [3.63, 3.8) is 0 Å². The smallest absolute Gasteiger partial charge is 0.148 e. The van der Waals surface area contributed by atoms with E-state index in [9.17, 15) is 4.79 Å². The summed E-state index contributed by atoms with van der Waals surface area (Å²) in [5.41, 5.74) is 6.50. The molecular formula is C21H24O. The molecule has 2 unspecified atom stereocenters. The van der Waals surface area contributed by atoms with E-state index in [1.54, 1.807) is 0 Å². The Balaban J connectivity index is 2.43. The van der Waals surface area contributed by atoms with E-state index >= 15 is 0 Å². The summed E-state index contributed by atoms with van der Waals surface area (Å²) in [7, 11) is 0. The molecule has 114 valence electrons. The highest BCUT2D eigenvalue weighted by atomic mass is 16.1. The first-order valence-corrected chi connectivity index (χ1v) is 7.74. The number of carbonyl (C=O) groups is 1. The zero-order valence-corrected chi connectivity index (χ0v) is 14.0. The van der Waals surface area contributed by atoms with Crippen LogP contribution in [0.15, 0.2) is 36.4 Å². The second-order valence-electron chi connectivity index (χ2n) is 6.45. The Morgan fingerprint density at radius 1 is 1.32 bits per heavy atom. The van der Waals surface area contributed by atoms with Crippen molar-refractivity contribution in [1.82, 2.24) is 0 Å². The average Bonchev–Trinajstić information content (AvgIpc) is 2.65. The van der Waals surface area contributed by atoms with Crippen molar-refractivity contribution >= 4 is 5.78 Å². The molecule has 0 heterocycles. The lowest BCUT2D eigenvalue weighted by molar-refractivity contribution is -0.121. The minimum atomic E-state index is -0.159. The second kappa shape index (κ2) is 6.36. The van der Waals surface area contributed by atoms with Crippen LogP contribution in [0.2, 0.25) is 0 Å². The van der Waals surface area contributed by atoms with E-state index in [-0.39, 0.29) is 11.8 Å². The molecule has 1 nitrogen and oxygen atoms in total. The Kier molecular flexibility index (Phi) is 4.71. The highest BCUT2D eigenvalue weighted by molar-refractivity contribution is 5.95. The molecule has 0 N–H and O–H groups in total. The zero-order chi connectivity index (χ0) is 16.4. The molecule has 0 spiro atoms. The summed E-state index contributed by atoms with van der Waals surface area (Å²) in [5, 5.41) is 0. The Hall–Kier alpha value is -2.07. The fraction of sp³-hybridized carbons (Fsp3) is 0.381. The molecule has 22 heavy (non-hydrogen) atoms. The molecule has 1 fully saturated rings. The van der Waals surface area contributed by atoms with E-state index in [0.29, 0.717) is 5.78 Å². The molecule has 1 saturated carbocycles. The van der Waals surface area contributed by atoms with Crippen LogP contribution < -0.4 is 0 Å². The molecule has 0 radical (unpaired) electrons. The van der Waals surface area contributed by atoms with E-state index in [0.717, 1.165) is 46.2 Å². The highest BCUT2D eigenvalue weighted by Gasteiger charge is 2.39. The van der Waals surface area contributed by atoms with E-state index < -0.39 is 0 Å². The van der Waals surface area contributed by atoms with Gasteiger partial charge >= 0.3 is 0 Å². The topological polar surface area (TPSA) is 17.1 Å². The van der Waals surface area contributed by atoms with Gasteiger partial charge in [0.05, 0.1) is 5.92 Å². The number of hydrogen-bond donors (Lipinski definition) is 0. The molecule has 0 aliphatic heterocycles. The maximum absolute atomic E-state index is 12.8. The zero-order valence-electron chi connectivity index (χ0n) is 14.0. The van der Waals surface area contributed by atoms with Crippen LogP contribution in [-0.2, 0) is 4.79 Å². The van der Waals surface area contributed by atoms with Gasteiger partial charge in [0.2, 0.25) is 0 Å². The van der Waals surface area contributed by atoms with Gasteiger partial charge in [0.15, 0.2) is 0 Å². The molecule has 2 rings (SSSR count). The second-order valence-corrected chi connectivity index (χ2v) is 6.45. The molecule has 1 aromatic rings. The van der Waals surface area contributed by atoms with E-state index in [4.69, 9.17) is 0 Å². The number of ketones is 1. The summed E-state index contributed by atoms with van der Waals surface area (Å²) < 4.78 is 0. The predicted molar refractivity (Wildman–Crippen MR) is 92.9 cm³/mol. The van der Waals surface area contributed by atoms with Crippen LogP contribution in [0.25, 0.3) is 0 Å². The minimum Gasteiger partial charge on any atom is -0.298 e. The Bertz CT molecular complexity index is 686. The third-order valence-corrected chi connectivity index (χ3v) is 4.35. The van der Waals surface area contributed by atoms with Gasteiger partial charge < -0.3 is 0 Å². The fourth-order valence-electron chi connectivity index (χ4n) is 3.56. The molecule has 0 bridgehead atoms. The first-order valence-electron chi connectivity index (χ1n) is 7.74. The van der Waals surface area contributed by atoms with Crippen molar-refractivity contribution in [3.8, 4) is 11.8 Å². The third kappa shape index (κ3) is 3.07. The molecule has 1 aliphatic carbocycles. The monoisotopic (exact) mass is 292 g/mol. The molecule has 1 aliphatic rings. The normalized spacial score (nSPS) is 20.7. The third-order valence-electron chi connectivity index (χ3n) is 4.35. The minimum absolute atomic E-state index is 0.0453. The maximum atomic E-state index is 12.8. The summed E-state index contributed by atoms with van der Waals surface area (Å²) in [6, 6.07) is 4.15. The summed E-state index contributed by atoms with van der Waals surface area (Å²) in [5.74, 6) is 6.21. The quantitative estimate of drug-likeness (QED) is 0.574. The molecule has 0 aromatic heterocycles. The van der Waals surface area contributed by atoms with Crippen LogP contribution >= 0.6 is 0 Å². The van der Waals surface area contributed by atoms with Crippen LogP contribution in [0.5, 0.6) is 0 Å². The van der Waals surface area contributed by atoms with Gasteiger partial charge in [-0.25, -0.2) is 0 Å². The first-order chi connectivity index (χ1) is 10.3. The summed E-state index contributed by atoms with van der Waals surface area (Å²) in [6.07, 6.45) is 1.55. The van der Waals surface area contributed by atoms with Gasteiger partial charge in [-0.1, -0.05) is 23.6 Å². The number of Topliss-reactive ketones (excluding diaryl/α,β-unsaturated/α-hetero) is 1. The average molecular weight is 292 g/mol. The fourth-order valence-corrected chi connectivity index (χ4v) is 3.56. The Labute approximate surface area is 134 Å². The lowest BCUT2D eigenvalue weighted by Gasteiger charge is -2.18. The van der Waals surface area contributed by atoms with Crippen LogP contribution in [0.1, 0.15) is 54.9 Å². The van der Waals surface area contributed by atoms with E-state index in [1.165, 1.54) is 0 Å². The van der Waals surface area contributed by atoms with Crippen LogP contribution in [0, 0.1) is 31.6 Å². The Morgan fingerprint density at radius 2 is 1.91 bits per heavy atom. The van der Waals surface area contributed by atoms with Gasteiger partial charge in [-0.2, -0.15) is 0 Å². The largest absolute Gasteiger partial charge is 0.298 e. The summed E-state index contributed by atoms with van der Waals surface area (Å²) in [4.78, 5) is 12.8. The van der Waals surface area contributed by atoms with Gasteiger partial charge in [-0.05, 0) is 69.4 Å². The van der Waals surface area contributed by atoms with Crippen LogP contribution in [0.4, 0.5) is 0 Å². The van der Waals surface area contributed by atoms with Crippen molar-refractivity contribution in [1.29, 1.82) is 0 Å². The van der Waals surface area contributed by atoms with Crippen LogP contribution in [0.3, 0.4) is 0 Å². The van der Waals surface area contributed by atoms with E-state index in [2.05, 4.69) is 51.0 Å². The van der Waals surface area contributed by atoms with Crippen molar-refractivity contribution in [2.45, 2.75) is 46.5 Å². The number of benzene rings is 1. The lowest BCUT2D eigenvalue weighted by atomic mass is 9.85. The number of rotatable bonds is 3. The predicted octanol–water partition coefficient (Wildman–Crippen LogP) is 4.87. The molecule has 2 atom stereocenters. The number of carbonyl (C=O) groups excluding carboxylic acids is 1. The SMILES string of the molecule is C=C(C)CC1CC(=C)C(c2c(C)cc(C#CC)cc2C)C1=O. The number of allylic oxidation sites excluding steroid dienone is 2. The van der Waals surface area contributed by atoms with Gasteiger partial charge in [0.25, 0.3) is 0 Å². The van der Waals surface area contributed by atoms with E-state index in [1.807, 2.05) is 13.8 Å². The molecule has 1 heteroatoms. The van der Waals surface area contributed by atoms with Gasteiger partial charge in [0.1, 0.15) is 5.78 Å².